The van der Waals surface area contributed by atoms with E-state index in [1.165, 1.54) is 11.3 Å². The van der Waals surface area contributed by atoms with Crippen LogP contribution >= 0.6 is 11.3 Å². The molecular weight excluding hydrogens is 220 g/mol. The largest absolute Gasteiger partial charge is 0.375 e. The van der Waals surface area contributed by atoms with Crippen molar-refractivity contribution < 1.29 is 0 Å². The monoisotopic (exact) mass is 242 g/mol. The summed E-state index contributed by atoms with van der Waals surface area (Å²) in [6, 6.07) is 0.530. The van der Waals surface area contributed by atoms with Gasteiger partial charge < -0.3 is 10.6 Å². The highest BCUT2D eigenvalue weighted by Gasteiger charge is 2.14. The van der Waals surface area contributed by atoms with Gasteiger partial charge in [-0.2, -0.15) is 0 Å². The average Bonchev–Trinajstić information content (AvgIpc) is 2.59. The van der Waals surface area contributed by atoms with Gasteiger partial charge in [-0.3, -0.25) is 4.90 Å². The van der Waals surface area contributed by atoms with Crippen molar-refractivity contribution in [3.05, 3.63) is 11.1 Å². The lowest BCUT2D eigenvalue weighted by Gasteiger charge is -2.29. The quantitative estimate of drug-likeness (QED) is 0.821. The Morgan fingerprint density at radius 3 is 2.62 bits per heavy atom. The molecule has 4 nitrogen and oxygen atoms in total. The smallest absolute Gasteiger partial charge is 0.180 e. The van der Waals surface area contributed by atoms with Crippen molar-refractivity contribution in [1.82, 2.24) is 14.8 Å². The minimum atomic E-state index is 0.530. The van der Waals surface area contributed by atoms with Crippen LogP contribution in [0.15, 0.2) is 5.38 Å². The number of anilines is 1. The Bertz CT molecular complexity index is 311. The molecule has 1 aromatic heterocycles. The van der Waals surface area contributed by atoms with Crippen molar-refractivity contribution in [1.29, 1.82) is 0 Å². The van der Waals surface area contributed by atoms with Gasteiger partial charge in [-0.25, -0.2) is 4.98 Å². The van der Waals surface area contributed by atoms with E-state index >= 15 is 0 Å². The Hall–Kier alpha value is -0.650. The van der Waals surface area contributed by atoms with E-state index < -0.39 is 0 Å². The molecule has 0 aromatic carbocycles. The molecule has 0 aliphatic rings. The van der Waals surface area contributed by atoms with Crippen LogP contribution in [0.2, 0.25) is 0 Å². The van der Waals surface area contributed by atoms with Crippen LogP contribution in [0.5, 0.6) is 0 Å². The molecule has 1 heterocycles. The van der Waals surface area contributed by atoms with Crippen LogP contribution in [0, 0.1) is 0 Å². The summed E-state index contributed by atoms with van der Waals surface area (Å²) in [7, 11) is 4.20. The van der Waals surface area contributed by atoms with E-state index in [0.717, 1.165) is 25.3 Å². The first kappa shape index (κ1) is 13.4. The first-order chi connectivity index (χ1) is 7.52. The number of rotatable bonds is 6. The molecule has 0 fully saturated rings. The van der Waals surface area contributed by atoms with Gasteiger partial charge in [0.25, 0.3) is 0 Å². The van der Waals surface area contributed by atoms with Gasteiger partial charge in [0.1, 0.15) is 0 Å². The average molecular weight is 242 g/mol. The second-order valence-electron chi connectivity index (χ2n) is 4.35. The van der Waals surface area contributed by atoms with Gasteiger partial charge in [0.05, 0.1) is 5.69 Å². The number of hydrogen-bond donors (Lipinski definition) is 1. The van der Waals surface area contributed by atoms with E-state index in [0.29, 0.717) is 11.2 Å². The minimum Gasteiger partial charge on any atom is -0.375 e. The van der Waals surface area contributed by atoms with Crippen LogP contribution in [0.4, 0.5) is 5.13 Å². The Morgan fingerprint density at radius 2 is 2.19 bits per heavy atom. The van der Waals surface area contributed by atoms with E-state index in [1.807, 2.05) is 5.38 Å². The van der Waals surface area contributed by atoms with E-state index in [-0.39, 0.29) is 0 Å². The topological polar surface area (TPSA) is 45.4 Å². The van der Waals surface area contributed by atoms with Gasteiger partial charge in [0, 0.05) is 24.5 Å². The van der Waals surface area contributed by atoms with Crippen LogP contribution in [0.3, 0.4) is 0 Å². The Morgan fingerprint density at radius 1 is 1.50 bits per heavy atom. The zero-order chi connectivity index (χ0) is 12.1. The SMILES string of the molecule is CCN(Cc1csc(N)n1)C(C)CN(C)C. The maximum atomic E-state index is 5.63. The summed E-state index contributed by atoms with van der Waals surface area (Å²) in [6.45, 7) is 7.42. The number of nitrogens with zero attached hydrogens (tertiary/aromatic N) is 3. The number of thiazole rings is 1. The van der Waals surface area contributed by atoms with Crippen LogP contribution in [0.25, 0.3) is 0 Å². The van der Waals surface area contributed by atoms with Crippen molar-refractivity contribution >= 4 is 16.5 Å². The van der Waals surface area contributed by atoms with Crippen LogP contribution < -0.4 is 5.73 Å². The molecular formula is C11H22N4S. The maximum Gasteiger partial charge on any atom is 0.180 e. The number of nitrogen functional groups attached to an aromatic ring is 1. The predicted molar refractivity (Wildman–Crippen MR) is 70.6 cm³/mol. The van der Waals surface area contributed by atoms with Crippen molar-refractivity contribution in [3.63, 3.8) is 0 Å². The fourth-order valence-corrected chi connectivity index (χ4v) is 2.38. The second kappa shape index (κ2) is 6.18. The standard InChI is InChI=1S/C11H22N4S/c1-5-15(9(2)6-14(3)4)7-10-8-16-11(12)13-10/h8-9H,5-7H2,1-4H3,(H2,12,13). The van der Waals surface area contributed by atoms with Crippen LogP contribution in [0.1, 0.15) is 19.5 Å². The number of nitrogens with two attached hydrogens (primary N) is 1. The van der Waals surface area contributed by atoms with Crippen molar-refractivity contribution in [2.75, 3.05) is 32.9 Å². The molecule has 1 atom stereocenters. The zero-order valence-corrected chi connectivity index (χ0v) is 11.4. The van der Waals surface area contributed by atoms with E-state index in [2.05, 4.69) is 42.7 Å². The van der Waals surface area contributed by atoms with E-state index in [9.17, 15) is 0 Å². The summed E-state index contributed by atoms with van der Waals surface area (Å²) in [4.78, 5) is 8.92. The third-order valence-electron chi connectivity index (χ3n) is 2.59. The molecule has 0 radical (unpaired) electrons. The summed E-state index contributed by atoms with van der Waals surface area (Å²) < 4.78 is 0. The summed E-state index contributed by atoms with van der Waals surface area (Å²) in [5, 5.41) is 2.70. The second-order valence-corrected chi connectivity index (χ2v) is 5.24. The molecule has 1 unspecified atom stereocenters. The van der Waals surface area contributed by atoms with Crippen molar-refractivity contribution in [2.24, 2.45) is 0 Å². The molecule has 0 bridgehead atoms. The fraction of sp³-hybridized carbons (Fsp3) is 0.727. The summed E-state index contributed by atoms with van der Waals surface area (Å²) in [5.41, 5.74) is 6.71. The first-order valence-electron chi connectivity index (χ1n) is 5.61. The Kier molecular flexibility index (Phi) is 5.18. The van der Waals surface area contributed by atoms with Gasteiger partial charge in [-0.15, -0.1) is 11.3 Å². The molecule has 0 saturated carbocycles. The molecule has 0 amide bonds. The van der Waals surface area contributed by atoms with Gasteiger partial charge in [0.15, 0.2) is 5.13 Å². The normalized spacial score (nSPS) is 13.6. The molecule has 0 aliphatic carbocycles. The fourth-order valence-electron chi connectivity index (χ4n) is 1.83. The van der Waals surface area contributed by atoms with Gasteiger partial charge in [0.2, 0.25) is 0 Å². The van der Waals surface area contributed by atoms with Crippen LogP contribution in [-0.4, -0.2) is 48.0 Å². The Labute approximate surface area is 102 Å². The molecule has 1 rings (SSSR count). The van der Waals surface area contributed by atoms with Gasteiger partial charge >= 0.3 is 0 Å². The lowest BCUT2D eigenvalue weighted by atomic mass is 10.2. The van der Waals surface area contributed by atoms with Crippen LogP contribution in [-0.2, 0) is 6.54 Å². The minimum absolute atomic E-state index is 0.530. The lowest BCUT2D eigenvalue weighted by molar-refractivity contribution is 0.173. The summed E-state index contributed by atoms with van der Waals surface area (Å²) >= 11 is 1.51. The first-order valence-corrected chi connectivity index (χ1v) is 6.49. The lowest BCUT2D eigenvalue weighted by Crippen LogP contribution is -2.39. The highest BCUT2D eigenvalue weighted by atomic mass is 32.1. The molecule has 92 valence electrons. The molecule has 0 saturated heterocycles. The van der Waals surface area contributed by atoms with Crippen molar-refractivity contribution in [3.8, 4) is 0 Å². The molecule has 1 aromatic rings. The predicted octanol–water partition coefficient (Wildman–Crippen LogP) is 1.50. The number of hydrogen-bond acceptors (Lipinski definition) is 5. The summed E-state index contributed by atoms with van der Waals surface area (Å²) in [6.07, 6.45) is 0. The highest BCUT2D eigenvalue weighted by molar-refractivity contribution is 7.13. The molecule has 16 heavy (non-hydrogen) atoms. The van der Waals surface area contributed by atoms with Gasteiger partial charge in [-0.05, 0) is 27.6 Å². The highest BCUT2D eigenvalue weighted by Crippen LogP contribution is 2.14. The Balaban J connectivity index is 2.54. The van der Waals surface area contributed by atoms with Crippen molar-refractivity contribution in [2.45, 2.75) is 26.4 Å². The molecule has 0 spiro atoms. The number of aromatic nitrogens is 1. The maximum absolute atomic E-state index is 5.63. The zero-order valence-electron chi connectivity index (χ0n) is 10.6. The van der Waals surface area contributed by atoms with E-state index in [4.69, 9.17) is 5.73 Å². The molecule has 0 aliphatic heterocycles. The number of likely N-dealkylation sites (N-methyl/N-ethyl adjacent to an activating group) is 2. The molecule has 2 N–H and O–H groups in total. The van der Waals surface area contributed by atoms with Gasteiger partial charge in [-0.1, -0.05) is 6.92 Å². The third-order valence-corrected chi connectivity index (χ3v) is 3.32. The third kappa shape index (κ3) is 4.08. The summed E-state index contributed by atoms with van der Waals surface area (Å²) in [5.74, 6) is 0. The molecule has 5 heteroatoms. The van der Waals surface area contributed by atoms with E-state index in [1.54, 1.807) is 0 Å².